The zero-order valence-electron chi connectivity index (χ0n) is 9.80. The SMILES string of the molecule is COc1ccc(Br)c(C(NN)c2cncnc2)c1. The van der Waals surface area contributed by atoms with Gasteiger partial charge in [0.25, 0.3) is 0 Å². The molecule has 0 saturated carbocycles. The summed E-state index contributed by atoms with van der Waals surface area (Å²) >= 11 is 3.51. The minimum Gasteiger partial charge on any atom is -0.497 e. The van der Waals surface area contributed by atoms with Crippen LogP contribution in [0, 0.1) is 0 Å². The van der Waals surface area contributed by atoms with Gasteiger partial charge >= 0.3 is 0 Å². The number of ether oxygens (including phenoxy) is 1. The molecule has 1 atom stereocenters. The summed E-state index contributed by atoms with van der Waals surface area (Å²) in [5.41, 5.74) is 4.61. The van der Waals surface area contributed by atoms with Gasteiger partial charge in [0.15, 0.2) is 0 Å². The Balaban J connectivity index is 2.44. The fraction of sp³-hybridized carbons (Fsp3) is 0.167. The molecule has 1 aromatic carbocycles. The molecule has 0 saturated heterocycles. The van der Waals surface area contributed by atoms with Gasteiger partial charge in [-0.3, -0.25) is 5.84 Å². The summed E-state index contributed by atoms with van der Waals surface area (Å²) < 4.78 is 6.16. The fourth-order valence-electron chi connectivity index (χ4n) is 1.70. The molecule has 1 unspecified atom stereocenters. The van der Waals surface area contributed by atoms with Crippen molar-refractivity contribution in [3.8, 4) is 5.75 Å². The van der Waals surface area contributed by atoms with Crippen molar-refractivity contribution < 1.29 is 4.74 Å². The van der Waals surface area contributed by atoms with Gasteiger partial charge < -0.3 is 4.74 Å². The van der Waals surface area contributed by atoms with Crippen molar-refractivity contribution in [3.05, 3.63) is 52.5 Å². The Bertz CT molecular complexity index is 521. The standard InChI is InChI=1S/C12H13BrN4O/c1-18-9-2-3-11(13)10(4-9)12(17-14)8-5-15-7-16-6-8/h2-7,12,17H,14H2,1H3. The van der Waals surface area contributed by atoms with Crippen molar-refractivity contribution in [3.63, 3.8) is 0 Å². The molecule has 0 spiro atoms. The Labute approximate surface area is 113 Å². The number of benzene rings is 1. The van der Waals surface area contributed by atoms with E-state index in [0.29, 0.717) is 0 Å². The summed E-state index contributed by atoms with van der Waals surface area (Å²) in [4.78, 5) is 8.00. The van der Waals surface area contributed by atoms with E-state index in [-0.39, 0.29) is 6.04 Å². The number of hydrazine groups is 1. The van der Waals surface area contributed by atoms with Crippen LogP contribution >= 0.6 is 15.9 Å². The molecule has 94 valence electrons. The van der Waals surface area contributed by atoms with Crippen molar-refractivity contribution in [1.29, 1.82) is 0 Å². The zero-order valence-corrected chi connectivity index (χ0v) is 11.4. The van der Waals surface area contributed by atoms with Crippen LogP contribution in [0.15, 0.2) is 41.4 Å². The van der Waals surface area contributed by atoms with Gasteiger partial charge in [-0.1, -0.05) is 15.9 Å². The van der Waals surface area contributed by atoms with E-state index in [2.05, 4.69) is 31.3 Å². The van der Waals surface area contributed by atoms with Gasteiger partial charge in [0.1, 0.15) is 12.1 Å². The summed E-state index contributed by atoms with van der Waals surface area (Å²) in [5, 5.41) is 0. The second-order valence-corrected chi connectivity index (χ2v) is 4.51. The number of halogens is 1. The highest BCUT2D eigenvalue weighted by molar-refractivity contribution is 9.10. The Morgan fingerprint density at radius 1 is 1.33 bits per heavy atom. The van der Waals surface area contributed by atoms with Crippen LogP contribution in [-0.2, 0) is 0 Å². The van der Waals surface area contributed by atoms with Crippen molar-refractivity contribution in [2.24, 2.45) is 5.84 Å². The molecule has 0 fully saturated rings. The van der Waals surface area contributed by atoms with Crippen LogP contribution in [0.2, 0.25) is 0 Å². The average Bonchev–Trinajstić information content (AvgIpc) is 2.43. The average molecular weight is 309 g/mol. The normalized spacial score (nSPS) is 12.2. The van der Waals surface area contributed by atoms with Gasteiger partial charge in [-0.05, 0) is 23.8 Å². The molecule has 0 amide bonds. The molecule has 2 aromatic rings. The highest BCUT2D eigenvalue weighted by Crippen LogP contribution is 2.30. The van der Waals surface area contributed by atoms with E-state index < -0.39 is 0 Å². The van der Waals surface area contributed by atoms with Crippen LogP contribution in [0.4, 0.5) is 0 Å². The van der Waals surface area contributed by atoms with Crippen molar-refractivity contribution >= 4 is 15.9 Å². The zero-order chi connectivity index (χ0) is 13.0. The van der Waals surface area contributed by atoms with E-state index in [0.717, 1.165) is 21.3 Å². The maximum atomic E-state index is 5.63. The van der Waals surface area contributed by atoms with Gasteiger partial charge in [-0.2, -0.15) is 0 Å². The third-order valence-corrected chi connectivity index (χ3v) is 3.32. The second-order valence-electron chi connectivity index (χ2n) is 3.66. The molecule has 0 bridgehead atoms. The lowest BCUT2D eigenvalue weighted by atomic mass is 10.0. The Morgan fingerprint density at radius 2 is 2.06 bits per heavy atom. The van der Waals surface area contributed by atoms with E-state index in [1.54, 1.807) is 19.5 Å². The van der Waals surface area contributed by atoms with E-state index >= 15 is 0 Å². The minimum absolute atomic E-state index is 0.198. The highest BCUT2D eigenvalue weighted by Gasteiger charge is 2.16. The highest BCUT2D eigenvalue weighted by atomic mass is 79.9. The number of rotatable bonds is 4. The molecule has 18 heavy (non-hydrogen) atoms. The Hall–Kier alpha value is -1.50. The maximum absolute atomic E-state index is 5.63. The summed E-state index contributed by atoms with van der Waals surface area (Å²) in [6.45, 7) is 0. The first kappa shape index (κ1) is 12.9. The number of methoxy groups -OCH3 is 1. The van der Waals surface area contributed by atoms with Crippen LogP contribution in [-0.4, -0.2) is 17.1 Å². The van der Waals surface area contributed by atoms with E-state index in [1.165, 1.54) is 6.33 Å². The van der Waals surface area contributed by atoms with Gasteiger partial charge in [-0.15, -0.1) is 0 Å². The Morgan fingerprint density at radius 3 is 2.67 bits per heavy atom. The maximum Gasteiger partial charge on any atom is 0.119 e. The molecule has 1 aromatic heterocycles. The number of nitrogens with zero attached hydrogens (tertiary/aromatic N) is 2. The van der Waals surface area contributed by atoms with E-state index in [4.69, 9.17) is 10.6 Å². The largest absolute Gasteiger partial charge is 0.497 e. The molecule has 0 aliphatic carbocycles. The summed E-state index contributed by atoms with van der Waals surface area (Å²) in [7, 11) is 1.63. The molecule has 1 heterocycles. The number of hydrogen-bond acceptors (Lipinski definition) is 5. The number of aromatic nitrogens is 2. The monoisotopic (exact) mass is 308 g/mol. The van der Waals surface area contributed by atoms with Crippen LogP contribution in [0.1, 0.15) is 17.2 Å². The lowest BCUT2D eigenvalue weighted by molar-refractivity contribution is 0.413. The van der Waals surface area contributed by atoms with Crippen LogP contribution in [0.3, 0.4) is 0 Å². The molecule has 5 nitrogen and oxygen atoms in total. The molecule has 6 heteroatoms. The summed E-state index contributed by atoms with van der Waals surface area (Å²) in [5.74, 6) is 6.40. The number of hydrogen-bond donors (Lipinski definition) is 2. The molecular weight excluding hydrogens is 296 g/mol. The smallest absolute Gasteiger partial charge is 0.119 e. The molecular formula is C12H13BrN4O. The summed E-state index contributed by atoms with van der Waals surface area (Å²) in [6, 6.07) is 5.52. The van der Waals surface area contributed by atoms with E-state index in [9.17, 15) is 0 Å². The van der Waals surface area contributed by atoms with Crippen LogP contribution in [0.5, 0.6) is 5.75 Å². The predicted octanol–water partition coefficient (Wildman–Crippen LogP) is 1.80. The first-order valence-corrected chi connectivity index (χ1v) is 6.10. The predicted molar refractivity (Wildman–Crippen MR) is 71.9 cm³/mol. The number of nitrogens with one attached hydrogen (secondary N) is 1. The van der Waals surface area contributed by atoms with E-state index in [1.807, 2.05) is 18.2 Å². The quantitative estimate of drug-likeness (QED) is 0.665. The minimum atomic E-state index is -0.198. The van der Waals surface area contributed by atoms with Crippen molar-refractivity contribution in [2.45, 2.75) is 6.04 Å². The van der Waals surface area contributed by atoms with Crippen LogP contribution < -0.4 is 16.0 Å². The summed E-state index contributed by atoms with van der Waals surface area (Å²) in [6.07, 6.45) is 4.94. The first-order valence-electron chi connectivity index (χ1n) is 5.30. The van der Waals surface area contributed by atoms with Gasteiger partial charge in [0, 0.05) is 22.4 Å². The van der Waals surface area contributed by atoms with Gasteiger partial charge in [0.05, 0.1) is 13.2 Å². The van der Waals surface area contributed by atoms with Gasteiger partial charge in [-0.25, -0.2) is 15.4 Å². The lowest BCUT2D eigenvalue weighted by Crippen LogP contribution is -2.29. The molecule has 0 radical (unpaired) electrons. The lowest BCUT2D eigenvalue weighted by Gasteiger charge is -2.18. The second kappa shape index (κ2) is 5.90. The fourth-order valence-corrected chi connectivity index (χ4v) is 2.17. The molecule has 2 rings (SSSR count). The first-order chi connectivity index (χ1) is 8.76. The third-order valence-electron chi connectivity index (χ3n) is 2.59. The number of nitrogens with two attached hydrogens (primary N) is 1. The van der Waals surface area contributed by atoms with Crippen molar-refractivity contribution in [2.75, 3.05) is 7.11 Å². The molecule has 0 aliphatic rings. The van der Waals surface area contributed by atoms with Crippen LogP contribution in [0.25, 0.3) is 0 Å². The Kier molecular flexibility index (Phi) is 4.24. The molecule has 3 N–H and O–H groups in total. The molecule has 0 aliphatic heterocycles. The topological polar surface area (TPSA) is 73.1 Å². The van der Waals surface area contributed by atoms with Crippen molar-refractivity contribution in [1.82, 2.24) is 15.4 Å². The third kappa shape index (κ3) is 2.66. The van der Waals surface area contributed by atoms with Gasteiger partial charge in [0.2, 0.25) is 0 Å².